The lowest BCUT2D eigenvalue weighted by molar-refractivity contribution is 0.221. The van der Waals surface area contributed by atoms with Crippen molar-refractivity contribution in [3.63, 3.8) is 0 Å². The summed E-state index contributed by atoms with van der Waals surface area (Å²) in [6.45, 7) is 2.36. The van der Waals surface area contributed by atoms with Crippen LogP contribution in [0.2, 0.25) is 0 Å². The quantitative estimate of drug-likeness (QED) is 0.730. The summed E-state index contributed by atoms with van der Waals surface area (Å²) in [5.41, 5.74) is -0.343. The third-order valence-electron chi connectivity index (χ3n) is 2.84. The van der Waals surface area contributed by atoms with Gasteiger partial charge in [0.15, 0.2) is 0 Å². The number of hydrogen-bond acceptors (Lipinski definition) is 2. The van der Waals surface area contributed by atoms with E-state index < -0.39 is 11.5 Å². The minimum absolute atomic E-state index is 0.257. The molecule has 1 aromatic rings. The Morgan fingerprint density at radius 2 is 2.25 bits per heavy atom. The van der Waals surface area contributed by atoms with Crippen LogP contribution in [0.3, 0.4) is 0 Å². The van der Waals surface area contributed by atoms with Gasteiger partial charge in [-0.2, -0.15) is 5.26 Å². The highest BCUT2D eigenvalue weighted by molar-refractivity contribution is 5.60. The zero-order valence-electron chi connectivity index (χ0n) is 9.00. The minimum atomic E-state index is -1.22. The molecule has 1 aliphatic heterocycles. The molecule has 0 N–H and O–H groups in total. The van der Waals surface area contributed by atoms with E-state index in [1.165, 1.54) is 18.2 Å². The van der Waals surface area contributed by atoms with Crippen molar-refractivity contribution < 1.29 is 8.78 Å². The first-order valence-corrected chi connectivity index (χ1v) is 5.15. The molecule has 0 aliphatic carbocycles. The molecule has 1 atom stereocenters. The lowest BCUT2D eigenvalue weighted by atomic mass is 10.1. The number of alkyl halides is 1. The van der Waals surface area contributed by atoms with Gasteiger partial charge >= 0.3 is 0 Å². The second kappa shape index (κ2) is 3.75. The second-order valence-corrected chi connectivity index (χ2v) is 4.36. The van der Waals surface area contributed by atoms with Crippen molar-refractivity contribution >= 4 is 5.69 Å². The van der Waals surface area contributed by atoms with Gasteiger partial charge in [0.25, 0.3) is 0 Å². The molecule has 0 spiro atoms. The van der Waals surface area contributed by atoms with Crippen molar-refractivity contribution in [3.05, 3.63) is 29.6 Å². The first-order valence-electron chi connectivity index (χ1n) is 5.15. The van der Waals surface area contributed by atoms with Crippen molar-refractivity contribution in [2.24, 2.45) is 0 Å². The normalized spacial score (nSPS) is 24.5. The number of anilines is 1. The average molecular weight is 222 g/mol. The summed E-state index contributed by atoms with van der Waals surface area (Å²) >= 11 is 0. The fourth-order valence-corrected chi connectivity index (χ4v) is 2.00. The summed E-state index contributed by atoms with van der Waals surface area (Å²) in [5, 5.41) is 8.90. The molecule has 16 heavy (non-hydrogen) atoms. The Morgan fingerprint density at radius 3 is 2.81 bits per heavy atom. The molecular weight excluding hydrogens is 210 g/mol. The predicted octanol–water partition coefficient (Wildman–Crippen LogP) is 2.64. The standard InChI is InChI=1S/C12H12F2N2/c1-12(14)4-5-16(8-12)11-3-2-10(13)6-9(11)7-15/h2-3,6H,4-5,8H2,1H3. The first kappa shape index (κ1) is 10.9. The molecule has 1 fully saturated rings. The fraction of sp³-hybridized carbons (Fsp3) is 0.417. The Bertz CT molecular complexity index is 449. The van der Waals surface area contributed by atoms with E-state index in [4.69, 9.17) is 5.26 Å². The van der Waals surface area contributed by atoms with E-state index in [0.717, 1.165) is 0 Å². The molecule has 1 saturated heterocycles. The fourth-order valence-electron chi connectivity index (χ4n) is 2.00. The van der Waals surface area contributed by atoms with Gasteiger partial charge in [0, 0.05) is 13.0 Å². The number of nitriles is 1. The van der Waals surface area contributed by atoms with Crippen LogP contribution >= 0.6 is 0 Å². The topological polar surface area (TPSA) is 27.0 Å². The maximum absolute atomic E-state index is 13.7. The van der Waals surface area contributed by atoms with Crippen molar-refractivity contribution in [3.8, 4) is 6.07 Å². The molecule has 1 heterocycles. The van der Waals surface area contributed by atoms with Crippen LogP contribution in [0, 0.1) is 17.1 Å². The second-order valence-electron chi connectivity index (χ2n) is 4.36. The van der Waals surface area contributed by atoms with Crippen LogP contribution in [-0.2, 0) is 0 Å². The minimum Gasteiger partial charge on any atom is -0.367 e. The Morgan fingerprint density at radius 1 is 1.50 bits per heavy atom. The summed E-state index contributed by atoms with van der Waals surface area (Å²) in [4.78, 5) is 1.79. The largest absolute Gasteiger partial charge is 0.367 e. The van der Waals surface area contributed by atoms with Gasteiger partial charge in [-0.25, -0.2) is 8.78 Å². The van der Waals surface area contributed by atoms with Gasteiger partial charge in [-0.3, -0.25) is 0 Å². The van der Waals surface area contributed by atoms with E-state index in [1.54, 1.807) is 11.8 Å². The number of nitrogens with zero attached hydrogens (tertiary/aromatic N) is 2. The molecule has 0 radical (unpaired) electrons. The summed E-state index contributed by atoms with van der Waals surface area (Å²) in [6, 6.07) is 5.95. The summed E-state index contributed by atoms with van der Waals surface area (Å²) in [7, 11) is 0. The van der Waals surface area contributed by atoms with Crippen LogP contribution in [0.4, 0.5) is 14.5 Å². The monoisotopic (exact) mass is 222 g/mol. The van der Waals surface area contributed by atoms with Crippen molar-refractivity contribution in [2.45, 2.75) is 19.0 Å². The number of benzene rings is 1. The van der Waals surface area contributed by atoms with Crippen molar-refractivity contribution in [1.82, 2.24) is 0 Å². The number of hydrogen-bond donors (Lipinski definition) is 0. The summed E-state index contributed by atoms with van der Waals surface area (Å²) in [5.74, 6) is -0.442. The van der Waals surface area contributed by atoms with Crippen LogP contribution in [0.25, 0.3) is 0 Å². The lowest BCUT2D eigenvalue weighted by Crippen LogP contribution is -2.26. The highest BCUT2D eigenvalue weighted by Crippen LogP contribution is 2.31. The van der Waals surface area contributed by atoms with E-state index >= 15 is 0 Å². The van der Waals surface area contributed by atoms with E-state index in [9.17, 15) is 8.78 Å². The SMILES string of the molecule is CC1(F)CCN(c2ccc(F)cc2C#N)C1. The average Bonchev–Trinajstić information content (AvgIpc) is 2.58. The van der Waals surface area contributed by atoms with Gasteiger partial charge in [-0.05, 0) is 25.1 Å². The van der Waals surface area contributed by atoms with Crippen LogP contribution in [-0.4, -0.2) is 18.8 Å². The third kappa shape index (κ3) is 1.99. The Kier molecular flexibility index (Phi) is 2.55. The van der Waals surface area contributed by atoms with Crippen LogP contribution < -0.4 is 4.90 Å². The first-order chi connectivity index (χ1) is 7.52. The molecule has 0 amide bonds. The van der Waals surface area contributed by atoms with E-state index in [0.29, 0.717) is 18.7 Å². The molecule has 0 saturated carbocycles. The van der Waals surface area contributed by atoms with Crippen LogP contribution in [0.15, 0.2) is 18.2 Å². The lowest BCUT2D eigenvalue weighted by Gasteiger charge is -2.20. The smallest absolute Gasteiger partial charge is 0.127 e. The molecule has 1 aliphatic rings. The zero-order valence-corrected chi connectivity index (χ0v) is 9.00. The zero-order chi connectivity index (χ0) is 11.8. The Balaban J connectivity index is 2.32. The highest BCUT2D eigenvalue weighted by Gasteiger charge is 2.34. The predicted molar refractivity (Wildman–Crippen MR) is 57.5 cm³/mol. The van der Waals surface area contributed by atoms with Gasteiger partial charge < -0.3 is 4.90 Å². The van der Waals surface area contributed by atoms with Crippen LogP contribution in [0.1, 0.15) is 18.9 Å². The van der Waals surface area contributed by atoms with Crippen LogP contribution in [0.5, 0.6) is 0 Å². The van der Waals surface area contributed by atoms with Crippen molar-refractivity contribution in [1.29, 1.82) is 5.26 Å². The maximum Gasteiger partial charge on any atom is 0.127 e. The van der Waals surface area contributed by atoms with Gasteiger partial charge in [-0.15, -0.1) is 0 Å². The van der Waals surface area contributed by atoms with E-state index in [-0.39, 0.29) is 12.1 Å². The molecule has 2 rings (SSSR count). The number of rotatable bonds is 1. The molecule has 1 aromatic carbocycles. The van der Waals surface area contributed by atoms with Gasteiger partial charge in [0.05, 0.1) is 17.8 Å². The third-order valence-corrected chi connectivity index (χ3v) is 2.84. The molecule has 4 heteroatoms. The van der Waals surface area contributed by atoms with Gasteiger partial charge in [-0.1, -0.05) is 0 Å². The van der Waals surface area contributed by atoms with Gasteiger partial charge in [0.1, 0.15) is 17.6 Å². The maximum atomic E-state index is 13.7. The molecule has 2 nitrogen and oxygen atoms in total. The Hall–Kier alpha value is -1.63. The molecule has 0 bridgehead atoms. The van der Waals surface area contributed by atoms with E-state index in [1.807, 2.05) is 6.07 Å². The summed E-state index contributed by atoms with van der Waals surface area (Å²) < 4.78 is 26.6. The molecule has 84 valence electrons. The molecule has 0 aromatic heterocycles. The summed E-state index contributed by atoms with van der Waals surface area (Å²) in [6.07, 6.45) is 0.440. The molecular formula is C12H12F2N2. The molecule has 1 unspecified atom stereocenters. The highest BCUT2D eigenvalue weighted by atomic mass is 19.1. The van der Waals surface area contributed by atoms with Gasteiger partial charge in [0.2, 0.25) is 0 Å². The number of halogens is 2. The van der Waals surface area contributed by atoms with Crippen molar-refractivity contribution in [2.75, 3.05) is 18.0 Å². The Labute approximate surface area is 93.1 Å². The van der Waals surface area contributed by atoms with E-state index in [2.05, 4.69) is 0 Å².